The zero-order chi connectivity index (χ0) is 20.0. The molecular weight excluding hydrogens is 386 g/mol. The molecular formula is C22H22ClN5O. The van der Waals surface area contributed by atoms with Crippen LogP contribution in [0, 0.1) is 12.8 Å². The number of fused-ring (bicyclic) bond motifs is 2. The molecule has 0 saturated carbocycles. The predicted octanol–water partition coefficient (Wildman–Crippen LogP) is 4.27. The Bertz CT molecular complexity index is 1210. The highest BCUT2D eigenvalue weighted by Crippen LogP contribution is 2.24. The van der Waals surface area contributed by atoms with E-state index in [1.807, 2.05) is 58.9 Å². The summed E-state index contributed by atoms with van der Waals surface area (Å²) in [5.41, 5.74) is 4.29. The number of aromatic amines is 1. The van der Waals surface area contributed by atoms with E-state index in [2.05, 4.69) is 15.0 Å². The summed E-state index contributed by atoms with van der Waals surface area (Å²) in [6.45, 7) is 3.51. The van der Waals surface area contributed by atoms with E-state index in [0.717, 1.165) is 60.4 Å². The molecule has 1 aliphatic rings. The lowest BCUT2D eigenvalue weighted by Gasteiger charge is -2.32. The molecule has 4 heterocycles. The number of imidazole rings is 2. The molecule has 1 fully saturated rings. The number of likely N-dealkylation sites (tertiary alicyclic amines) is 1. The first-order valence-electron chi connectivity index (χ1n) is 9.94. The van der Waals surface area contributed by atoms with Gasteiger partial charge < -0.3 is 14.3 Å². The van der Waals surface area contributed by atoms with Gasteiger partial charge in [0.1, 0.15) is 17.2 Å². The van der Waals surface area contributed by atoms with Crippen molar-refractivity contribution in [2.24, 2.45) is 5.92 Å². The second kappa shape index (κ2) is 7.19. The number of hydrogen-bond donors (Lipinski definition) is 1. The van der Waals surface area contributed by atoms with Crippen LogP contribution in [-0.2, 0) is 6.42 Å². The average Bonchev–Trinajstić information content (AvgIpc) is 3.31. The predicted molar refractivity (Wildman–Crippen MR) is 113 cm³/mol. The number of amides is 1. The number of nitrogens with one attached hydrogen (secondary N) is 1. The second-order valence-corrected chi connectivity index (χ2v) is 8.29. The van der Waals surface area contributed by atoms with E-state index in [1.54, 1.807) is 0 Å². The molecule has 0 unspecified atom stereocenters. The van der Waals surface area contributed by atoms with Crippen molar-refractivity contribution in [3.8, 4) is 0 Å². The highest BCUT2D eigenvalue weighted by atomic mass is 35.5. The number of carbonyl (C=O) groups excluding carboxylic acids is 1. The third-order valence-electron chi connectivity index (χ3n) is 5.68. The number of nitrogens with zero attached hydrogens (tertiary/aromatic N) is 4. The van der Waals surface area contributed by atoms with Crippen LogP contribution in [0.2, 0.25) is 5.02 Å². The van der Waals surface area contributed by atoms with Crippen LogP contribution >= 0.6 is 11.6 Å². The van der Waals surface area contributed by atoms with E-state index >= 15 is 0 Å². The Labute approximate surface area is 173 Å². The minimum absolute atomic E-state index is 0.00851. The van der Waals surface area contributed by atoms with Gasteiger partial charge in [0.2, 0.25) is 0 Å². The van der Waals surface area contributed by atoms with Crippen molar-refractivity contribution < 1.29 is 4.79 Å². The molecule has 0 spiro atoms. The van der Waals surface area contributed by atoms with E-state index in [-0.39, 0.29) is 5.91 Å². The Hall–Kier alpha value is -2.86. The van der Waals surface area contributed by atoms with Gasteiger partial charge in [-0.3, -0.25) is 4.79 Å². The smallest absolute Gasteiger partial charge is 0.274 e. The van der Waals surface area contributed by atoms with E-state index in [9.17, 15) is 4.79 Å². The number of benzene rings is 1. The molecule has 4 aromatic rings. The van der Waals surface area contributed by atoms with Gasteiger partial charge in [0, 0.05) is 36.9 Å². The maximum Gasteiger partial charge on any atom is 0.274 e. The first kappa shape index (κ1) is 18.2. The van der Waals surface area contributed by atoms with Crippen LogP contribution in [0.25, 0.3) is 16.7 Å². The van der Waals surface area contributed by atoms with E-state index in [0.29, 0.717) is 16.6 Å². The van der Waals surface area contributed by atoms with Gasteiger partial charge in [0.05, 0.1) is 11.0 Å². The molecule has 1 aromatic carbocycles. The van der Waals surface area contributed by atoms with Crippen LogP contribution in [0.1, 0.15) is 34.7 Å². The Morgan fingerprint density at radius 3 is 3.07 bits per heavy atom. The van der Waals surface area contributed by atoms with Crippen LogP contribution in [0.5, 0.6) is 0 Å². The third-order valence-corrected chi connectivity index (χ3v) is 5.91. The van der Waals surface area contributed by atoms with Crippen molar-refractivity contribution in [3.63, 3.8) is 0 Å². The molecule has 5 rings (SSSR count). The molecule has 29 heavy (non-hydrogen) atoms. The quantitative estimate of drug-likeness (QED) is 0.551. The Kier molecular flexibility index (Phi) is 4.51. The maximum atomic E-state index is 13.1. The van der Waals surface area contributed by atoms with Gasteiger partial charge in [-0.2, -0.15) is 0 Å². The first-order valence-corrected chi connectivity index (χ1v) is 10.3. The van der Waals surface area contributed by atoms with Crippen LogP contribution < -0.4 is 0 Å². The molecule has 148 valence electrons. The van der Waals surface area contributed by atoms with Gasteiger partial charge in [-0.1, -0.05) is 17.7 Å². The maximum absolute atomic E-state index is 13.1. The van der Waals surface area contributed by atoms with E-state index in [4.69, 9.17) is 11.6 Å². The molecule has 1 N–H and O–H groups in total. The summed E-state index contributed by atoms with van der Waals surface area (Å²) in [4.78, 5) is 27.6. The third kappa shape index (κ3) is 3.49. The number of halogens is 1. The number of aromatic nitrogens is 4. The van der Waals surface area contributed by atoms with Crippen molar-refractivity contribution in [3.05, 3.63) is 64.8 Å². The minimum Gasteiger partial charge on any atom is -0.342 e. The molecule has 1 atom stereocenters. The summed E-state index contributed by atoms with van der Waals surface area (Å²) in [6.07, 6.45) is 6.66. The second-order valence-electron chi connectivity index (χ2n) is 7.86. The molecule has 7 heteroatoms. The fourth-order valence-electron chi connectivity index (χ4n) is 4.24. The molecule has 3 aromatic heterocycles. The molecule has 1 aliphatic heterocycles. The number of aryl methyl sites for hydroxylation is 1. The molecule has 0 aliphatic carbocycles. The van der Waals surface area contributed by atoms with Crippen LogP contribution in [0.15, 0.2) is 42.7 Å². The van der Waals surface area contributed by atoms with Crippen molar-refractivity contribution in [2.45, 2.75) is 26.2 Å². The number of carbonyl (C=O) groups is 1. The van der Waals surface area contributed by atoms with Gasteiger partial charge in [0.25, 0.3) is 5.91 Å². The summed E-state index contributed by atoms with van der Waals surface area (Å²) in [6, 6.07) is 9.66. The lowest BCUT2D eigenvalue weighted by atomic mass is 9.94. The standard InChI is InChI=1S/C22H22ClN5O/c1-14-4-2-8-27-13-19(26-21(14)27)22(29)28-9-3-5-15(12-28)10-20-24-17-7-6-16(23)11-18(17)25-20/h2,4,6-8,11,13,15H,3,5,9-10,12H2,1H3,(H,24,25)/t15-/m0/s1. The highest BCUT2D eigenvalue weighted by Gasteiger charge is 2.27. The van der Waals surface area contributed by atoms with Crippen molar-refractivity contribution in [1.82, 2.24) is 24.3 Å². The normalized spacial score (nSPS) is 17.3. The zero-order valence-corrected chi connectivity index (χ0v) is 17.0. The number of piperidine rings is 1. The molecule has 1 saturated heterocycles. The Morgan fingerprint density at radius 1 is 1.31 bits per heavy atom. The summed E-state index contributed by atoms with van der Waals surface area (Å²) < 4.78 is 1.92. The summed E-state index contributed by atoms with van der Waals surface area (Å²) in [5.74, 6) is 1.33. The van der Waals surface area contributed by atoms with Gasteiger partial charge in [-0.25, -0.2) is 9.97 Å². The van der Waals surface area contributed by atoms with Crippen molar-refractivity contribution in [1.29, 1.82) is 0 Å². The van der Waals surface area contributed by atoms with Crippen LogP contribution in [-0.4, -0.2) is 43.2 Å². The number of H-pyrrole nitrogens is 1. The Balaban J connectivity index is 1.32. The minimum atomic E-state index is 0.00851. The van der Waals surface area contributed by atoms with Crippen LogP contribution in [0.3, 0.4) is 0 Å². The summed E-state index contributed by atoms with van der Waals surface area (Å²) in [7, 11) is 0. The fourth-order valence-corrected chi connectivity index (χ4v) is 4.41. The van der Waals surface area contributed by atoms with Crippen molar-refractivity contribution >= 4 is 34.2 Å². The van der Waals surface area contributed by atoms with Crippen molar-refractivity contribution in [2.75, 3.05) is 13.1 Å². The molecule has 1 amide bonds. The van der Waals surface area contributed by atoms with Gasteiger partial charge in [-0.05, 0) is 55.5 Å². The van der Waals surface area contributed by atoms with E-state index in [1.165, 1.54) is 0 Å². The monoisotopic (exact) mass is 407 g/mol. The molecule has 0 bridgehead atoms. The molecule has 6 nitrogen and oxygen atoms in total. The fraction of sp³-hybridized carbons (Fsp3) is 0.318. The number of pyridine rings is 1. The average molecular weight is 408 g/mol. The summed E-state index contributed by atoms with van der Waals surface area (Å²) in [5, 5.41) is 0.699. The van der Waals surface area contributed by atoms with Gasteiger partial charge >= 0.3 is 0 Å². The molecule has 0 radical (unpaired) electrons. The highest BCUT2D eigenvalue weighted by molar-refractivity contribution is 6.31. The lowest BCUT2D eigenvalue weighted by molar-refractivity contribution is 0.0667. The first-order chi connectivity index (χ1) is 14.1. The Morgan fingerprint density at radius 2 is 2.21 bits per heavy atom. The largest absolute Gasteiger partial charge is 0.342 e. The topological polar surface area (TPSA) is 66.3 Å². The van der Waals surface area contributed by atoms with Crippen LogP contribution in [0.4, 0.5) is 0 Å². The van der Waals surface area contributed by atoms with Gasteiger partial charge in [0.15, 0.2) is 0 Å². The lowest BCUT2D eigenvalue weighted by Crippen LogP contribution is -2.40. The SMILES string of the molecule is Cc1cccn2cc(C(=O)N3CCC[C@@H](Cc4nc5ccc(Cl)cc5[nH]4)C3)nc12. The number of rotatable bonds is 3. The van der Waals surface area contributed by atoms with Gasteiger partial charge in [-0.15, -0.1) is 0 Å². The van der Waals surface area contributed by atoms with E-state index < -0.39 is 0 Å². The number of hydrogen-bond acceptors (Lipinski definition) is 3. The summed E-state index contributed by atoms with van der Waals surface area (Å²) >= 11 is 6.07. The zero-order valence-electron chi connectivity index (χ0n) is 16.2.